The number of hydrogen-bond donors (Lipinski definition) is 3. The highest BCUT2D eigenvalue weighted by Crippen LogP contribution is 2.12. The second kappa shape index (κ2) is 8.00. The molecule has 1 heterocycles. The van der Waals surface area contributed by atoms with Gasteiger partial charge in [-0.1, -0.05) is 35.8 Å². The summed E-state index contributed by atoms with van der Waals surface area (Å²) in [6.07, 6.45) is 4.00. The van der Waals surface area contributed by atoms with Crippen LogP contribution in [0.4, 0.5) is 0 Å². The van der Waals surface area contributed by atoms with E-state index in [-0.39, 0.29) is 5.84 Å². The molecule has 4 N–H and O–H groups in total. The molecule has 21 heavy (non-hydrogen) atoms. The fourth-order valence-electron chi connectivity index (χ4n) is 2.88. The lowest BCUT2D eigenvalue weighted by molar-refractivity contribution is 0.170. The normalized spacial score (nSPS) is 18.6. The number of hydrogen-bond acceptors (Lipinski definition) is 4. The Morgan fingerprint density at radius 2 is 2.05 bits per heavy atom. The molecule has 1 saturated heterocycles. The quantitative estimate of drug-likeness (QED) is 0.323. The maximum atomic E-state index is 8.83. The lowest BCUT2D eigenvalue weighted by Gasteiger charge is -2.32. The van der Waals surface area contributed by atoms with Gasteiger partial charge >= 0.3 is 0 Å². The average Bonchev–Trinajstić information content (AvgIpc) is 2.55. The molecule has 0 aromatic heterocycles. The van der Waals surface area contributed by atoms with E-state index in [0.717, 1.165) is 24.2 Å². The van der Waals surface area contributed by atoms with Crippen molar-refractivity contribution in [2.45, 2.75) is 38.8 Å². The smallest absolute Gasteiger partial charge is 0.170 e. The maximum Gasteiger partial charge on any atom is 0.170 e. The fraction of sp³-hybridized carbons (Fsp3) is 0.562. The number of oxime groups is 1. The van der Waals surface area contributed by atoms with Crippen LogP contribution in [0.5, 0.6) is 0 Å². The topological polar surface area (TPSA) is 73.9 Å². The predicted molar refractivity (Wildman–Crippen MR) is 85.5 cm³/mol. The first-order valence-electron chi connectivity index (χ1n) is 7.73. The third-order valence-corrected chi connectivity index (χ3v) is 4.17. The molecule has 0 radical (unpaired) electrons. The zero-order chi connectivity index (χ0) is 15.1. The van der Waals surface area contributed by atoms with E-state index in [2.05, 4.69) is 22.3 Å². The van der Waals surface area contributed by atoms with Crippen LogP contribution in [0.25, 0.3) is 0 Å². The molecule has 1 unspecified atom stereocenters. The van der Waals surface area contributed by atoms with E-state index >= 15 is 0 Å². The first-order valence-corrected chi connectivity index (χ1v) is 7.73. The number of nitrogens with zero attached hydrogens (tertiary/aromatic N) is 2. The average molecular weight is 290 g/mol. The SMILES string of the molecule is CC(CNCc1ccccc1C(N)=NO)N1CCCCC1. The number of nitrogens with two attached hydrogens (primary N) is 1. The van der Waals surface area contributed by atoms with Crippen LogP contribution in [0.3, 0.4) is 0 Å². The summed E-state index contributed by atoms with van der Waals surface area (Å²) in [6, 6.07) is 8.29. The van der Waals surface area contributed by atoms with E-state index in [0.29, 0.717) is 6.04 Å². The van der Waals surface area contributed by atoms with Gasteiger partial charge < -0.3 is 16.3 Å². The van der Waals surface area contributed by atoms with Gasteiger partial charge in [0.05, 0.1) is 0 Å². The molecular weight excluding hydrogens is 264 g/mol. The van der Waals surface area contributed by atoms with E-state index in [1.54, 1.807) is 0 Å². The van der Waals surface area contributed by atoms with Crippen LogP contribution in [-0.4, -0.2) is 41.6 Å². The van der Waals surface area contributed by atoms with Crippen molar-refractivity contribution in [1.29, 1.82) is 0 Å². The summed E-state index contributed by atoms with van der Waals surface area (Å²) in [5.74, 6) is 0.163. The van der Waals surface area contributed by atoms with Crippen LogP contribution in [-0.2, 0) is 6.54 Å². The first-order chi connectivity index (χ1) is 10.2. The van der Waals surface area contributed by atoms with Gasteiger partial charge in [0.1, 0.15) is 0 Å². The van der Waals surface area contributed by atoms with Crippen molar-refractivity contribution in [2.75, 3.05) is 19.6 Å². The molecule has 1 aromatic rings. The van der Waals surface area contributed by atoms with Crippen molar-refractivity contribution in [3.63, 3.8) is 0 Å². The Kier molecular flexibility index (Phi) is 6.02. The van der Waals surface area contributed by atoms with Gasteiger partial charge in [-0.05, 0) is 38.4 Å². The third kappa shape index (κ3) is 4.44. The van der Waals surface area contributed by atoms with Crippen LogP contribution < -0.4 is 11.1 Å². The number of piperidine rings is 1. The van der Waals surface area contributed by atoms with Gasteiger partial charge in [-0.25, -0.2) is 0 Å². The van der Waals surface area contributed by atoms with E-state index in [4.69, 9.17) is 10.9 Å². The molecule has 0 amide bonds. The summed E-state index contributed by atoms with van der Waals surface area (Å²) in [6.45, 7) is 6.37. The minimum Gasteiger partial charge on any atom is -0.409 e. The van der Waals surface area contributed by atoms with Crippen molar-refractivity contribution in [2.24, 2.45) is 10.9 Å². The molecular formula is C16H26N4O. The first kappa shape index (κ1) is 15.8. The van der Waals surface area contributed by atoms with Crippen LogP contribution in [0.2, 0.25) is 0 Å². The fourth-order valence-corrected chi connectivity index (χ4v) is 2.88. The number of rotatable bonds is 6. The van der Waals surface area contributed by atoms with Crippen LogP contribution >= 0.6 is 0 Å². The Morgan fingerprint density at radius 3 is 2.76 bits per heavy atom. The standard InChI is InChI=1S/C16H26N4O/c1-13(20-9-5-2-6-10-20)11-18-12-14-7-3-4-8-15(14)16(17)19-21/h3-4,7-8,13,18,21H,2,5-6,9-12H2,1H3,(H2,17,19). The summed E-state index contributed by atoms with van der Waals surface area (Å²) in [5, 5.41) is 15.4. The van der Waals surface area contributed by atoms with E-state index < -0.39 is 0 Å². The monoisotopic (exact) mass is 290 g/mol. The molecule has 0 aliphatic carbocycles. The zero-order valence-corrected chi connectivity index (χ0v) is 12.8. The predicted octanol–water partition coefficient (Wildman–Crippen LogP) is 1.75. The van der Waals surface area contributed by atoms with Gasteiger partial charge in [0.25, 0.3) is 0 Å². The highest BCUT2D eigenvalue weighted by atomic mass is 16.4. The highest BCUT2D eigenvalue weighted by molar-refractivity contribution is 5.98. The molecule has 1 aliphatic rings. The summed E-state index contributed by atoms with van der Waals surface area (Å²) in [5.41, 5.74) is 7.55. The summed E-state index contributed by atoms with van der Waals surface area (Å²) >= 11 is 0. The molecule has 5 nitrogen and oxygen atoms in total. The minimum atomic E-state index is 0.163. The third-order valence-electron chi connectivity index (χ3n) is 4.17. The number of nitrogens with one attached hydrogen (secondary N) is 1. The molecule has 0 spiro atoms. The van der Waals surface area contributed by atoms with Crippen LogP contribution in [0.1, 0.15) is 37.3 Å². The van der Waals surface area contributed by atoms with Gasteiger partial charge in [0, 0.05) is 24.7 Å². The van der Waals surface area contributed by atoms with E-state index in [1.165, 1.54) is 32.4 Å². The van der Waals surface area contributed by atoms with Crippen LogP contribution in [0, 0.1) is 0 Å². The molecule has 116 valence electrons. The molecule has 0 saturated carbocycles. The Labute approximate surface area is 126 Å². The molecule has 1 aromatic carbocycles. The second-order valence-electron chi connectivity index (χ2n) is 5.72. The van der Waals surface area contributed by atoms with Gasteiger partial charge in [-0.3, -0.25) is 4.90 Å². The lowest BCUT2D eigenvalue weighted by Crippen LogP contribution is -2.43. The van der Waals surface area contributed by atoms with Gasteiger partial charge in [-0.2, -0.15) is 0 Å². The second-order valence-corrected chi connectivity index (χ2v) is 5.72. The molecule has 1 fully saturated rings. The van der Waals surface area contributed by atoms with Crippen molar-refractivity contribution < 1.29 is 5.21 Å². The van der Waals surface area contributed by atoms with Crippen LogP contribution in [0.15, 0.2) is 29.4 Å². The van der Waals surface area contributed by atoms with Crippen molar-refractivity contribution in [1.82, 2.24) is 10.2 Å². The minimum absolute atomic E-state index is 0.163. The van der Waals surface area contributed by atoms with Gasteiger partial charge in [0.2, 0.25) is 0 Å². The summed E-state index contributed by atoms with van der Waals surface area (Å²) in [7, 11) is 0. The Morgan fingerprint density at radius 1 is 1.33 bits per heavy atom. The van der Waals surface area contributed by atoms with E-state index in [1.807, 2.05) is 24.3 Å². The van der Waals surface area contributed by atoms with Crippen molar-refractivity contribution >= 4 is 5.84 Å². The lowest BCUT2D eigenvalue weighted by atomic mass is 10.1. The summed E-state index contributed by atoms with van der Waals surface area (Å²) < 4.78 is 0. The molecule has 1 atom stereocenters. The molecule has 1 aliphatic heterocycles. The largest absolute Gasteiger partial charge is 0.409 e. The number of amidine groups is 1. The Bertz CT molecular complexity index is 469. The molecule has 0 bridgehead atoms. The molecule has 5 heteroatoms. The van der Waals surface area contributed by atoms with Crippen molar-refractivity contribution in [3.8, 4) is 0 Å². The maximum absolute atomic E-state index is 8.83. The van der Waals surface area contributed by atoms with E-state index in [9.17, 15) is 0 Å². The number of likely N-dealkylation sites (tertiary alicyclic amines) is 1. The van der Waals surface area contributed by atoms with Gasteiger partial charge in [0.15, 0.2) is 5.84 Å². The highest BCUT2D eigenvalue weighted by Gasteiger charge is 2.16. The van der Waals surface area contributed by atoms with Gasteiger partial charge in [-0.15, -0.1) is 0 Å². The zero-order valence-electron chi connectivity index (χ0n) is 12.8. The molecule has 2 rings (SSSR count). The number of benzene rings is 1. The Balaban J connectivity index is 1.85. The summed E-state index contributed by atoms with van der Waals surface area (Å²) in [4.78, 5) is 2.55. The van der Waals surface area contributed by atoms with Crippen molar-refractivity contribution in [3.05, 3.63) is 35.4 Å². The Hall–Kier alpha value is -1.59.